The molecule has 2 rings (SSSR count). The molecule has 0 saturated carbocycles. The smallest absolute Gasteiger partial charge is 0.0815 e. The van der Waals surface area contributed by atoms with Gasteiger partial charge < -0.3 is 9.84 Å². The lowest BCUT2D eigenvalue weighted by Crippen LogP contribution is -2.11. The summed E-state index contributed by atoms with van der Waals surface area (Å²) in [6.45, 7) is 0.841. The van der Waals surface area contributed by atoms with Crippen LogP contribution in [0.3, 0.4) is 0 Å². The minimum atomic E-state index is -0.416. The summed E-state index contributed by atoms with van der Waals surface area (Å²) in [6, 6.07) is 3.69. The van der Waals surface area contributed by atoms with Crippen molar-refractivity contribution < 1.29 is 9.84 Å². The highest BCUT2D eigenvalue weighted by Gasteiger charge is 2.20. The monoisotopic (exact) mass is 193 g/mol. The standard InChI is InChI=1S/C11H15NO2/c13-11(8-10-2-1-7-14-10)9-3-5-12-6-4-9/h3-6,10-11,13H,1-2,7-8H2. The van der Waals surface area contributed by atoms with Gasteiger partial charge in [0.1, 0.15) is 0 Å². The van der Waals surface area contributed by atoms with Crippen molar-refractivity contribution in [1.82, 2.24) is 4.98 Å². The van der Waals surface area contributed by atoms with Crippen LogP contribution in [0.5, 0.6) is 0 Å². The molecular weight excluding hydrogens is 178 g/mol. The van der Waals surface area contributed by atoms with Crippen molar-refractivity contribution in [3.05, 3.63) is 30.1 Å². The van der Waals surface area contributed by atoms with Gasteiger partial charge in [-0.25, -0.2) is 0 Å². The second-order valence-corrected chi connectivity index (χ2v) is 3.67. The number of rotatable bonds is 3. The highest BCUT2D eigenvalue weighted by Crippen LogP contribution is 2.24. The third-order valence-electron chi connectivity index (χ3n) is 2.60. The number of aliphatic hydroxyl groups excluding tert-OH is 1. The number of aliphatic hydroxyl groups is 1. The molecule has 1 aliphatic rings. The van der Waals surface area contributed by atoms with Crippen LogP contribution in [-0.2, 0) is 4.74 Å². The first-order valence-electron chi connectivity index (χ1n) is 5.06. The van der Waals surface area contributed by atoms with E-state index < -0.39 is 6.10 Å². The van der Waals surface area contributed by atoms with Gasteiger partial charge in [0.15, 0.2) is 0 Å². The number of pyridine rings is 1. The summed E-state index contributed by atoms with van der Waals surface area (Å²) in [5.41, 5.74) is 0.926. The van der Waals surface area contributed by atoms with E-state index in [4.69, 9.17) is 4.74 Å². The topological polar surface area (TPSA) is 42.4 Å². The molecule has 2 heterocycles. The van der Waals surface area contributed by atoms with Crippen LogP contribution in [0.15, 0.2) is 24.5 Å². The fourth-order valence-electron chi connectivity index (χ4n) is 1.80. The zero-order chi connectivity index (χ0) is 9.80. The summed E-state index contributed by atoms with van der Waals surface area (Å²) in [5, 5.41) is 9.87. The van der Waals surface area contributed by atoms with Gasteiger partial charge in [-0.2, -0.15) is 0 Å². The Morgan fingerprint density at radius 2 is 2.29 bits per heavy atom. The fourth-order valence-corrected chi connectivity index (χ4v) is 1.80. The molecule has 1 aromatic heterocycles. The molecule has 0 aliphatic carbocycles. The molecule has 2 atom stereocenters. The summed E-state index contributed by atoms with van der Waals surface area (Å²) < 4.78 is 5.47. The Hall–Kier alpha value is -0.930. The lowest BCUT2D eigenvalue weighted by atomic mass is 10.0. The molecule has 14 heavy (non-hydrogen) atoms. The van der Waals surface area contributed by atoms with Crippen LogP contribution >= 0.6 is 0 Å². The second kappa shape index (κ2) is 4.53. The average Bonchev–Trinajstić information content (AvgIpc) is 2.72. The molecular formula is C11H15NO2. The number of aromatic nitrogens is 1. The number of ether oxygens (including phenoxy) is 1. The van der Waals surface area contributed by atoms with E-state index in [2.05, 4.69) is 4.98 Å². The maximum absolute atomic E-state index is 9.87. The van der Waals surface area contributed by atoms with Crippen molar-refractivity contribution in [3.8, 4) is 0 Å². The molecule has 76 valence electrons. The summed E-state index contributed by atoms with van der Waals surface area (Å²) in [5.74, 6) is 0. The van der Waals surface area contributed by atoms with E-state index in [1.807, 2.05) is 12.1 Å². The van der Waals surface area contributed by atoms with Gasteiger partial charge in [-0.15, -0.1) is 0 Å². The van der Waals surface area contributed by atoms with Crippen molar-refractivity contribution in [2.24, 2.45) is 0 Å². The van der Waals surface area contributed by atoms with Gasteiger partial charge in [-0.05, 0) is 30.5 Å². The van der Waals surface area contributed by atoms with Gasteiger partial charge in [0.25, 0.3) is 0 Å². The Balaban J connectivity index is 1.92. The van der Waals surface area contributed by atoms with Crippen molar-refractivity contribution in [2.45, 2.75) is 31.5 Å². The van der Waals surface area contributed by atoms with Gasteiger partial charge in [-0.1, -0.05) is 0 Å². The predicted octanol–water partition coefficient (Wildman–Crippen LogP) is 1.68. The van der Waals surface area contributed by atoms with E-state index in [0.717, 1.165) is 25.0 Å². The van der Waals surface area contributed by atoms with Gasteiger partial charge in [0.05, 0.1) is 12.2 Å². The largest absolute Gasteiger partial charge is 0.388 e. The van der Waals surface area contributed by atoms with Crippen LogP contribution in [0, 0.1) is 0 Å². The zero-order valence-electron chi connectivity index (χ0n) is 8.10. The minimum Gasteiger partial charge on any atom is -0.388 e. The maximum atomic E-state index is 9.87. The highest BCUT2D eigenvalue weighted by molar-refractivity contribution is 5.13. The predicted molar refractivity (Wildman–Crippen MR) is 52.8 cm³/mol. The third kappa shape index (κ3) is 2.30. The highest BCUT2D eigenvalue weighted by atomic mass is 16.5. The lowest BCUT2D eigenvalue weighted by Gasteiger charge is -2.15. The number of hydrogen-bond donors (Lipinski definition) is 1. The first kappa shape index (κ1) is 9.62. The van der Waals surface area contributed by atoms with Crippen LogP contribution in [0.25, 0.3) is 0 Å². The molecule has 1 aromatic rings. The lowest BCUT2D eigenvalue weighted by molar-refractivity contribution is 0.0535. The molecule has 0 amide bonds. The van der Waals surface area contributed by atoms with E-state index in [-0.39, 0.29) is 6.10 Å². The van der Waals surface area contributed by atoms with E-state index in [1.54, 1.807) is 12.4 Å². The first-order valence-corrected chi connectivity index (χ1v) is 5.06. The van der Waals surface area contributed by atoms with Crippen molar-refractivity contribution in [3.63, 3.8) is 0 Å². The van der Waals surface area contributed by atoms with Gasteiger partial charge in [0.2, 0.25) is 0 Å². The van der Waals surface area contributed by atoms with Crippen LogP contribution in [-0.4, -0.2) is 22.8 Å². The normalized spacial score (nSPS) is 23.6. The van der Waals surface area contributed by atoms with Crippen LogP contribution in [0.2, 0.25) is 0 Å². The van der Waals surface area contributed by atoms with Crippen LogP contribution in [0.1, 0.15) is 30.9 Å². The molecule has 0 aromatic carbocycles. The molecule has 1 N–H and O–H groups in total. The Morgan fingerprint density at radius 1 is 1.50 bits per heavy atom. The Labute approximate surface area is 83.7 Å². The summed E-state index contributed by atoms with van der Waals surface area (Å²) in [6.07, 6.45) is 6.11. The quantitative estimate of drug-likeness (QED) is 0.794. The van der Waals surface area contributed by atoms with Gasteiger partial charge in [-0.3, -0.25) is 4.98 Å². The van der Waals surface area contributed by atoms with Crippen molar-refractivity contribution >= 4 is 0 Å². The molecule has 3 nitrogen and oxygen atoms in total. The molecule has 1 saturated heterocycles. The Morgan fingerprint density at radius 3 is 2.93 bits per heavy atom. The maximum Gasteiger partial charge on any atom is 0.0815 e. The van der Waals surface area contributed by atoms with E-state index >= 15 is 0 Å². The van der Waals surface area contributed by atoms with Crippen LogP contribution in [0.4, 0.5) is 0 Å². The average molecular weight is 193 g/mol. The van der Waals surface area contributed by atoms with Crippen molar-refractivity contribution in [2.75, 3.05) is 6.61 Å². The molecule has 0 radical (unpaired) electrons. The Kier molecular flexibility index (Phi) is 3.11. The number of nitrogens with zero attached hydrogens (tertiary/aromatic N) is 1. The molecule has 1 fully saturated rings. The SMILES string of the molecule is OC(CC1CCCO1)c1ccncc1. The minimum absolute atomic E-state index is 0.234. The molecule has 2 unspecified atom stereocenters. The first-order chi connectivity index (χ1) is 6.86. The summed E-state index contributed by atoms with van der Waals surface area (Å²) in [7, 11) is 0. The van der Waals surface area contributed by atoms with Crippen LogP contribution < -0.4 is 0 Å². The third-order valence-corrected chi connectivity index (χ3v) is 2.60. The molecule has 1 aliphatic heterocycles. The Bertz CT molecular complexity index is 270. The van der Waals surface area contributed by atoms with Gasteiger partial charge >= 0.3 is 0 Å². The molecule has 3 heteroatoms. The summed E-state index contributed by atoms with van der Waals surface area (Å²) >= 11 is 0. The van der Waals surface area contributed by atoms with E-state index in [1.165, 1.54) is 0 Å². The van der Waals surface area contributed by atoms with E-state index in [9.17, 15) is 5.11 Å². The fraction of sp³-hybridized carbons (Fsp3) is 0.545. The van der Waals surface area contributed by atoms with E-state index in [0.29, 0.717) is 6.42 Å². The zero-order valence-corrected chi connectivity index (χ0v) is 8.10. The summed E-state index contributed by atoms with van der Waals surface area (Å²) in [4.78, 5) is 3.92. The van der Waals surface area contributed by atoms with Crippen molar-refractivity contribution in [1.29, 1.82) is 0 Å². The second-order valence-electron chi connectivity index (χ2n) is 3.67. The van der Waals surface area contributed by atoms with Gasteiger partial charge in [0, 0.05) is 25.4 Å². The molecule has 0 spiro atoms. The molecule has 0 bridgehead atoms. The number of hydrogen-bond acceptors (Lipinski definition) is 3.